The maximum Gasteiger partial charge on any atom is 0.279 e. The summed E-state index contributed by atoms with van der Waals surface area (Å²) in [6.07, 6.45) is 1.61. The molecule has 27 heavy (non-hydrogen) atoms. The molecule has 6 nitrogen and oxygen atoms in total. The molecule has 1 aliphatic heterocycles. The predicted octanol–water partition coefficient (Wildman–Crippen LogP) is 0.826. The van der Waals surface area contributed by atoms with Crippen molar-refractivity contribution in [3.05, 3.63) is 71.6 Å². The lowest BCUT2D eigenvalue weighted by Crippen LogP contribution is -3.15. The van der Waals surface area contributed by atoms with Crippen LogP contribution in [-0.2, 0) is 14.8 Å². The van der Waals surface area contributed by atoms with Crippen LogP contribution in [0.4, 0.5) is 5.69 Å². The Labute approximate surface area is 160 Å². The first kappa shape index (κ1) is 19.3. The lowest BCUT2D eigenvalue weighted by molar-refractivity contribution is -0.895. The van der Waals surface area contributed by atoms with Gasteiger partial charge in [0.15, 0.2) is 6.54 Å². The average molecular weight is 386 g/mol. The summed E-state index contributed by atoms with van der Waals surface area (Å²) < 4.78 is 26.4. The zero-order valence-corrected chi connectivity index (χ0v) is 15.9. The number of carbonyl (C=O) groups is 1. The maximum absolute atomic E-state index is 12.5. The van der Waals surface area contributed by atoms with Crippen molar-refractivity contribution in [3.8, 4) is 0 Å². The summed E-state index contributed by atoms with van der Waals surface area (Å²) in [5.74, 6) is -0.0588. The number of para-hydroxylation sites is 1. The Hall–Kier alpha value is -2.48. The van der Waals surface area contributed by atoms with E-state index in [2.05, 4.69) is 5.32 Å². The van der Waals surface area contributed by atoms with Crippen LogP contribution in [0.25, 0.3) is 6.08 Å². The molecule has 2 N–H and O–H groups in total. The third kappa shape index (κ3) is 5.75. The van der Waals surface area contributed by atoms with Gasteiger partial charge in [0.25, 0.3) is 5.91 Å². The van der Waals surface area contributed by atoms with E-state index in [0.717, 1.165) is 16.2 Å². The summed E-state index contributed by atoms with van der Waals surface area (Å²) in [5.41, 5.74) is 1.62. The number of nitrogens with one attached hydrogen (secondary N) is 2. The minimum Gasteiger partial charge on any atom is -0.325 e. The summed E-state index contributed by atoms with van der Waals surface area (Å²) in [6, 6.07) is 18.7. The number of nitrogens with zero attached hydrogens (tertiary/aromatic N) is 1. The smallest absolute Gasteiger partial charge is 0.279 e. The topological polar surface area (TPSA) is 70.9 Å². The van der Waals surface area contributed by atoms with Gasteiger partial charge in [-0.05, 0) is 23.8 Å². The molecule has 0 saturated carbocycles. The highest BCUT2D eigenvalue weighted by molar-refractivity contribution is 7.92. The zero-order chi connectivity index (χ0) is 19.1. The quantitative estimate of drug-likeness (QED) is 0.773. The first-order chi connectivity index (χ1) is 13.0. The predicted molar refractivity (Wildman–Crippen MR) is 107 cm³/mol. The molecule has 1 saturated heterocycles. The van der Waals surface area contributed by atoms with Crippen LogP contribution in [0.3, 0.4) is 0 Å². The number of hydrogen-bond donors (Lipinski definition) is 2. The van der Waals surface area contributed by atoms with Gasteiger partial charge in [-0.2, -0.15) is 4.31 Å². The average Bonchev–Trinajstić information content (AvgIpc) is 2.68. The molecule has 0 aliphatic carbocycles. The van der Waals surface area contributed by atoms with Gasteiger partial charge in [0, 0.05) is 11.1 Å². The Morgan fingerprint density at radius 3 is 2.22 bits per heavy atom. The van der Waals surface area contributed by atoms with Gasteiger partial charge in [-0.25, -0.2) is 8.42 Å². The van der Waals surface area contributed by atoms with Gasteiger partial charge < -0.3 is 10.2 Å². The number of quaternary nitrogens is 1. The molecule has 1 fully saturated rings. The van der Waals surface area contributed by atoms with Crippen molar-refractivity contribution in [1.82, 2.24) is 4.31 Å². The second-order valence-electron chi connectivity index (χ2n) is 6.50. The fourth-order valence-electron chi connectivity index (χ4n) is 3.00. The van der Waals surface area contributed by atoms with E-state index in [1.807, 2.05) is 60.7 Å². The lowest BCUT2D eigenvalue weighted by atomic mass is 10.2. The van der Waals surface area contributed by atoms with E-state index in [1.54, 1.807) is 6.08 Å². The summed E-state index contributed by atoms with van der Waals surface area (Å²) in [7, 11) is -3.44. The van der Waals surface area contributed by atoms with Crippen LogP contribution in [0.1, 0.15) is 5.56 Å². The van der Waals surface area contributed by atoms with Crippen LogP contribution in [0.2, 0.25) is 0 Å². The molecule has 1 aliphatic rings. The molecule has 7 heteroatoms. The van der Waals surface area contributed by atoms with E-state index >= 15 is 0 Å². The van der Waals surface area contributed by atoms with E-state index in [9.17, 15) is 13.2 Å². The van der Waals surface area contributed by atoms with Gasteiger partial charge in [-0.3, -0.25) is 4.79 Å². The number of anilines is 1. The number of piperazine rings is 1. The van der Waals surface area contributed by atoms with Crippen LogP contribution >= 0.6 is 0 Å². The van der Waals surface area contributed by atoms with Crippen molar-refractivity contribution in [1.29, 1.82) is 0 Å². The minimum atomic E-state index is -3.44. The maximum atomic E-state index is 12.5. The third-order valence-corrected chi connectivity index (χ3v) is 6.05. The van der Waals surface area contributed by atoms with Gasteiger partial charge in [0.2, 0.25) is 10.0 Å². The van der Waals surface area contributed by atoms with Gasteiger partial charge >= 0.3 is 0 Å². The first-order valence-corrected chi connectivity index (χ1v) is 10.4. The number of hydrogen-bond acceptors (Lipinski definition) is 3. The van der Waals surface area contributed by atoms with Crippen LogP contribution in [0.5, 0.6) is 0 Å². The van der Waals surface area contributed by atoms with Crippen LogP contribution in [-0.4, -0.2) is 51.4 Å². The van der Waals surface area contributed by atoms with Crippen molar-refractivity contribution in [3.63, 3.8) is 0 Å². The molecular formula is C20H24N3O3S+. The fourth-order valence-corrected chi connectivity index (χ4v) is 4.19. The Kier molecular flexibility index (Phi) is 6.39. The Morgan fingerprint density at radius 2 is 1.59 bits per heavy atom. The van der Waals surface area contributed by atoms with Gasteiger partial charge in [0.1, 0.15) is 0 Å². The van der Waals surface area contributed by atoms with Crippen LogP contribution in [0, 0.1) is 0 Å². The molecule has 0 unspecified atom stereocenters. The van der Waals surface area contributed by atoms with Crippen molar-refractivity contribution < 1.29 is 18.1 Å². The SMILES string of the molecule is O=C(C[NH+]1CCN(S(=O)(=O)/C=C/c2ccccc2)CC1)Nc1ccccc1. The molecule has 2 aromatic rings. The molecule has 142 valence electrons. The van der Waals surface area contributed by atoms with E-state index in [4.69, 9.17) is 0 Å². The fraction of sp³-hybridized carbons (Fsp3) is 0.250. The summed E-state index contributed by atoms with van der Waals surface area (Å²) in [6.45, 7) is 2.38. The molecular weight excluding hydrogens is 362 g/mol. The van der Waals surface area contributed by atoms with E-state index < -0.39 is 10.0 Å². The highest BCUT2D eigenvalue weighted by atomic mass is 32.2. The normalized spacial score (nSPS) is 16.4. The number of benzene rings is 2. The van der Waals surface area contributed by atoms with Gasteiger partial charge in [-0.15, -0.1) is 0 Å². The van der Waals surface area contributed by atoms with Crippen molar-refractivity contribution >= 4 is 27.7 Å². The van der Waals surface area contributed by atoms with E-state index in [1.165, 1.54) is 9.71 Å². The van der Waals surface area contributed by atoms with Gasteiger partial charge in [0.05, 0.1) is 26.2 Å². The molecule has 0 spiro atoms. The molecule has 3 rings (SSSR count). The molecule has 0 radical (unpaired) electrons. The number of sulfonamides is 1. The highest BCUT2D eigenvalue weighted by Crippen LogP contribution is 2.08. The Bertz CT molecular complexity index is 875. The summed E-state index contributed by atoms with van der Waals surface area (Å²) in [4.78, 5) is 13.2. The number of amides is 1. The highest BCUT2D eigenvalue weighted by Gasteiger charge is 2.28. The lowest BCUT2D eigenvalue weighted by Gasteiger charge is -2.30. The second-order valence-corrected chi connectivity index (χ2v) is 8.32. The Balaban J connectivity index is 1.49. The monoisotopic (exact) mass is 386 g/mol. The molecule has 2 aromatic carbocycles. The molecule has 1 heterocycles. The van der Waals surface area contributed by atoms with Crippen LogP contribution < -0.4 is 10.2 Å². The van der Waals surface area contributed by atoms with Gasteiger partial charge in [-0.1, -0.05) is 48.5 Å². The number of carbonyl (C=O) groups excluding carboxylic acids is 1. The number of rotatable bonds is 6. The molecule has 0 bridgehead atoms. The van der Waals surface area contributed by atoms with Crippen LogP contribution in [0.15, 0.2) is 66.1 Å². The first-order valence-electron chi connectivity index (χ1n) is 8.95. The molecule has 1 amide bonds. The molecule has 0 atom stereocenters. The van der Waals surface area contributed by atoms with Crippen molar-refractivity contribution in [2.45, 2.75) is 0 Å². The largest absolute Gasteiger partial charge is 0.325 e. The molecule has 0 aromatic heterocycles. The third-order valence-electron chi connectivity index (χ3n) is 4.49. The van der Waals surface area contributed by atoms with E-state index in [-0.39, 0.29) is 5.91 Å². The van der Waals surface area contributed by atoms with E-state index in [0.29, 0.717) is 32.7 Å². The van der Waals surface area contributed by atoms with Crippen molar-refractivity contribution in [2.75, 3.05) is 38.0 Å². The minimum absolute atomic E-state index is 0.0588. The second kappa shape index (κ2) is 8.94. The van der Waals surface area contributed by atoms with Crippen molar-refractivity contribution in [2.24, 2.45) is 0 Å². The Morgan fingerprint density at radius 1 is 1.00 bits per heavy atom. The summed E-state index contributed by atoms with van der Waals surface area (Å²) >= 11 is 0. The zero-order valence-electron chi connectivity index (χ0n) is 15.0. The standard InChI is InChI=1S/C20H23N3O3S/c24-20(21-19-9-5-2-6-10-19)17-22-12-14-23(15-13-22)27(25,26)16-11-18-7-3-1-4-8-18/h1-11,16H,12-15,17H2,(H,21,24)/p+1/b16-11+. The summed E-state index contributed by atoms with van der Waals surface area (Å²) in [5, 5.41) is 4.13.